The molecule has 0 saturated carbocycles. The maximum atomic E-state index is 13.0. The Morgan fingerprint density at radius 3 is 2.40 bits per heavy atom. The van der Waals surface area contributed by atoms with Gasteiger partial charge < -0.3 is 4.42 Å². The highest BCUT2D eigenvalue weighted by Gasteiger charge is 2.12. The predicted octanol–water partition coefficient (Wildman–Crippen LogP) is 2.22. The quantitative estimate of drug-likeness (QED) is 0.890. The highest BCUT2D eigenvalue weighted by atomic mass is 32.2. The Labute approximate surface area is 115 Å². The maximum Gasteiger partial charge on any atom is 0.215 e. The van der Waals surface area contributed by atoms with Gasteiger partial charge in [0.05, 0.1) is 18.3 Å². The molecule has 7 heteroatoms. The van der Waals surface area contributed by atoms with Crippen molar-refractivity contribution in [3.63, 3.8) is 0 Å². The first-order valence-corrected chi connectivity index (χ1v) is 7.53. The second-order valence-electron chi connectivity index (χ2n) is 4.31. The van der Waals surface area contributed by atoms with Gasteiger partial charge in [-0.05, 0) is 35.7 Å². The van der Waals surface area contributed by atoms with Crippen molar-refractivity contribution in [1.82, 2.24) is 4.72 Å². The van der Waals surface area contributed by atoms with Gasteiger partial charge >= 0.3 is 0 Å². The molecule has 2 rings (SSSR count). The molecule has 0 radical (unpaired) electrons. The predicted molar refractivity (Wildman–Crippen MR) is 69.4 cm³/mol. The highest BCUT2D eigenvalue weighted by molar-refractivity contribution is 7.88. The zero-order valence-corrected chi connectivity index (χ0v) is 11.3. The molecular weight excluding hydrogens is 288 g/mol. The van der Waals surface area contributed by atoms with E-state index < -0.39 is 27.4 Å². The van der Waals surface area contributed by atoms with Crippen LogP contribution in [-0.2, 0) is 22.2 Å². The van der Waals surface area contributed by atoms with Crippen LogP contribution in [0.25, 0.3) is 0 Å². The Morgan fingerprint density at radius 1 is 1.10 bits per heavy atom. The van der Waals surface area contributed by atoms with Crippen LogP contribution in [0.2, 0.25) is 0 Å². The van der Waals surface area contributed by atoms with E-state index in [1.54, 1.807) is 6.07 Å². The zero-order valence-electron chi connectivity index (χ0n) is 10.5. The third-order valence-corrected chi connectivity index (χ3v) is 3.95. The van der Waals surface area contributed by atoms with Gasteiger partial charge in [0.1, 0.15) is 11.6 Å². The summed E-state index contributed by atoms with van der Waals surface area (Å²) in [6.45, 7) is 0.194. The number of halogens is 2. The van der Waals surface area contributed by atoms with E-state index in [4.69, 9.17) is 4.42 Å². The Hall–Kier alpha value is -1.73. The SMILES string of the molecule is O=S(=O)(Cc1cc(F)cc(F)c1)NCCc1ccoc1. The second-order valence-corrected chi connectivity index (χ2v) is 6.12. The molecule has 2 aromatic rings. The van der Waals surface area contributed by atoms with Crippen molar-refractivity contribution in [3.05, 3.63) is 59.6 Å². The molecule has 0 aliphatic heterocycles. The fourth-order valence-electron chi connectivity index (χ4n) is 1.75. The molecular formula is C13H13F2NO3S. The average molecular weight is 301 g/mol. The molecule has 0 amide bonds. The van der Waals surface area contributed by atoms with Crippen LogP contribution in [0, 0.1) is 11.6 Å². The van der Waals surface area contributed by atoms with Crippen molar-refractivity contribution < 1.29 is 21.6 Å². The van der Waals surface area contributed by atoms with E-state index in [0.29, 0.717) is 12.5 Å². The normalized spacial score (nSPS) is 11.7. The van der Waals surface area contributed by atoms with E-state index in [1.807, 2.05) is 0 Å². The molecule has 0 spiro atoms. The van der Waals surface area contributed by atoms with Gasteiger partial charge in [0.2, 0.25) is 10.0 Å². The number of hydrogen-bond acceptors (Lipinski definition) is 3. The lowest BCUT2D eigenvalue weighted by molar-refractivity contribution is 0.562. The smallest absolute Gasteiger partial charge is 0.215 e. The van der Waals surface area contributed by atoms with E-state index in [9.17, 15) is 17.2 Å². The Bertz CT molecular complexity index is 649. The maximum absolute atomic E-state index is 13.0. The van der Waals surface area contributed by atoms with Gasteiger partial charge in [-0.25, -0.2) is 21.9 Å². The summed E-state index contributed by atoms with van der Waals surface area (Å²) in [5, 5.41) is 0. The summed E-state index contributed by atoms with van der Waals surface area (Å²) in [6, 6.07) is 4.43. The second kappa shape index (κ2) is 6.15. The van der Waals surface area contributed by atoms with Crippen LogP contribution in [0.5, 0.6) is 0 Å². The zero-order chi connectivity index (χ0) is 14.6. The number of sulfonamides is 1. The molecule has 1 heterocycles. The number of rotatable bonds is 6. The number of hydrogen-bond donors (Lipinski definition) is 1. The van der Waals surface area contributed by atoms with E-state index in [2.05, 4.69) is 4.72 Å². The molecule has 0 aliphatic rings. The first-order chi connectivity index (χ1) is 9.44. The van der Waals surface area contributed by atoms with Gasteiger partial charge in [-0.2, -0.15) is 0 Å². The summed E-state index contributed by atoms with van der Waals surface area (Å²) in [5.41, 5.74) is 0.933. The van der Waals surface area contributed by atoms with Crippen molar-refractivity contribution >= 4 is 10.0 Å². The van der Waals surface area contributed by atoms with Crippen LogP contribution in [-0.4, -0.2) is 15.0 Å². The van der Waals surface area contributed by atoms with Gasteiger partial charge in [-0.1, -0.05) is 0 Å². The van der Waals surface area contributed by atoms with E-state index in [-0.39, 0.29) is 12.1 Å². The summed E-state index contributed by atoms with van der Waals surface area (Å²) in [5.74, 6) is -2.06. The van der Waals surface area contributed by atoms with Crippen molar-refractivity contribution in [1.29, 1.82) is 0 Å². The molecule has 0 bridgehead atoms. The van der Waals surface area contributed by atoms with Crippen molar-refractivity contribution in [2.75, 3.05) is 6.54 Å². The molecule has 0 fully saturated rings. The molecule has 1 aromatic heterocycles. The fourth-order valence-corrected chi connectivity index (χ4v) is 2.87. The first-order valence-electron chi connectivity index (χ1n) is 5.88. The van der Waals surface area contributed by atoms with Crippen molar-refractivity contribution in [2.24, 2.45) is 0 Å². The van der Waals surface area contributed by atoms with Crippen LogP contribution in [0.1, 0.15) is 11.1 Å². The summed E-state index contributed by atoms with van der Waals surface area (Å²) in [4.78, 5) is 0. The summed E-state index contributed by atoms with van der Waals surface area (Å²) >= 11 is 0. The van der Waals surface area contributed by atoms with Gasteiger partial charge in [-0.15, -0.1) is 0 Å². The Morgan fingerprint density at radius 2 is 1.80 bits per heavy atom. The van der Waals surface area contributed by atoms with Crippen LogP contribution in [0.15, 0.2) is 41.2 Å². The molecule has 4 nitrogen and oxygen atoms in total. The fraction of sp³-hybridized carbons (Fsp3) is 0.231. The van der Waals surface area contributed by atoms with Gasteiger partial charge in [-0.3, -0.25) is 0 Å². The van der Waals surface area contributed by atoms with Crippen LogP contribution in [0.3, 0.4) is 0 Å². The average Bonchev–Trinajstić information content (AvgIpc) is 2.79. The van der Waals surface area contributed by atoms with Crippen molar-refractivity contribution in [2.45, 2.75) is 12.2 Å². The number of benzene rings is 1. The summed E-state index contributed by atoms with van der Waals surface area (Å²) in [7, 11) is -3.64. The molecule has 1 N–H and O–H groups in total. The van der Waals surface area contributed by atoms with E-state index >= 15 is 0 Å². The van der Waals surface area contributed by atoms with E-state index in [0.717, 1.165) is 17.7 Å². The molecule has 1 aromatic carbocycles. The first kappa shape index (κ1) is 14.7. The van der Waals surface area contributed by atoms with Crippen LogP contribution in [0.4, 0.5) is 8.78 Å². The molecule has 0 aliphatic carbocycles. The minimum Gasteiger partial charge on any atom is -0.472 e. The lowest BCUT2D eigenvalue weighted by Crippen LogP contribution is -2.27. The third-order valence-electron chi connectivity index (χ3n) is 2.59. The highest BCUT2D eigenvalue weighted by Crippen LogP contribution is 2.11. The number of nitrogens with one attached hydrogen (secondary N) is 1. The topological polar surface area (TPSA) is 59.3 Å². The number of furan rings is 1. The minimum atomic E-state index is -3.64. The van der Waals surface area contributed by atoms with Gasteiger partial charge in [0.25, 0.3) is 0 Å². The van der Waals surface area contributed by atoms with Gasteiger partial charge in [0, 0.05) is 12.6 Å². The van der Waals surface area contributed by atoms with Gasteiger partial charge in [0.15, 0.2) is 0 Å². The van der Waals surface area contributed by atoms with Crippen molar-refractivity contribution in [3.8, 4) is 0 Å². The third kappa shape index (κ3) is 4.43. The van der Waals surface area contributed by atoms with Crippen LogP contribution >= 0.6 is 0 Å². The molecule has 0 atom stereocenters. The minimum absolute atomic E-state index is 0.0679. The molecule has 0 saturated heterocycles. The molecule has 20 heavy (non-hydrogen) atoms. The van der Waals surface area contributed by atoms with Crippen LogP contribution < -0.4 is 4.72 Å². The standard InChI is InChI=1S/C13H13F2NO3S/c14-12-5-11(6-13(15)7-12)9-20(17,18)16-3-1-10-2-4-19-8-10/h2,4-8,16H,1,3,9H2. The Kier molecular flexibility index (Phi) is 4.51. The summed E-state index contributed by atoms with van der Waals surface area (Å²) in [6.07, 6.45) is 3.50. The summed E-state index contributed by atoms with van der Waals surface area (Å²) < 4.78 is 56.7. The monoisotopic (exact) mass is 301 g/mol. The molecule has 0 unspecified atom stereocenters. The largest absolute Gasteiger partial charge is 0.472 e. The lowest BCUT2D eigenvalue weighted by atomic mass is 10.2. The Balaban J connectivity index is 1.93. The molecule has 108 valence electrons. The lowest BCUT2D eigenvalue weighted by Gasteiger charge is -2.06. The van der Waals surface area contributed by atoms with E-state index in [1.165, 1.54) is 12.5 Å².